The van der Waals surface area contributed by atoms with Crippen LogP contribution < -0.4 is 10.3 Å². The average Bonchev–Trinajstić information content (AvgIpc) is 2.71. The lowest BCUT2D eigenvalue weighted by Gasteiger charge is -2.11. The van der Waals surface area contributed by atoms with Crippen LogP contribution in [0.25, 0.3) is 0 Å². The average molecular weight is 209 g/mol. The van der Waals surface area contributed by atoms with Crippen LogP contribution in [0.15, 0.2) is 18.2 Å². The van der Waals surface area contributed by atoms with Gasteiger partial charge in [0, 0.05) is 12.5 Å². The smallest absolute Gasteiger partial charge is 0.472 e. The van der Waals surface area contributed by atoms with Gasteiger partial charge in [-0.15, -0.1) is 0 Å². The minimum atomic E-state index is -1.56. The van der Waals surface area contributed by atoms with E-state index in [1.165, 1.54) is 6.07 Å². The van der Waals surface area contributed by atoms with E-state index in [-0.39, 0.29) is 11.7 Å². The molecule has 1 aromatic rings. The fourth-order valence-corrected chi connectivity index (χ4v) is 1.42. The highest BCUT2D eigenvalue weighted by molar-refractivity contribution is 6.57. The Morgan fingerprint density at radius 2 is 2.33 bits per heavy atom. The first-order valence-corrected chi connectivity index (χ1v) is 4.83. The molecule has 1 atom stereocenters. The van der Waals surface area contributed by atoms with Crippen molar-refractivity contribution in [2.75, 3.05) is 13.2 Å². The molecule has 6 heteroatoms. The summed E-state index contributed by atoms with van der Waals surface area (Å²) in [6, 6.07) is 4.89. The zero-order valence-corrected chi connectivity index (χ0v) is 8.17. The summed E-state index contributed by atoms with van der Waals surface area (Å²) < 4.78 is 10.7. The first-order chi connectivity index (χ1) is 7.25. The summed E-state index contributed by atoms with van der Waals surface area (Å²) in [5.41, 5.74) is 0.186. The molecular formula is C9H12BNO4. The van der Waals surface area contributed by atoms with E-state index in [1.807, 2.05) is 0 Å². The second-order valence-electron chi connectivity index (χ2n) is 3.38. The van der Waals surface area contributed by atoms with Gasteiger partial charge in [0.1, 0.15) is 6.10 Å². The van der Waals surface area contributed by atoms with E-state index in [2.05, 4.69) is 4.98 Å². The Hall–Kier alpha value is -1.11. The molecule has 5 nitrogen and oxygen atoms in total. The molecule has 2 N–H and O–H groups in total. The molecule has 0 spiro atoms. The molecule has 1 aliphatic rings. The van der Waals surface area contributed by atoms with Crippen LogP contribution in [0.5, 0.6) is 5.88 Å². The van der Waals surface area contributed by atoms with Crippen LogP contribution in [0, 0.1) is 0 Å². The van der Waals surface area contributed by atoms with Gasteiger partial charge >= 0.3 is 7.12 Å². The van der Waals surface area contributed by atoms with Gasteiger partial charge in [-0.2, -0.15) is 0 Å². The third-order valence-electron chi connectivity index (χ3n) is 2.18. The predicted molar refractivity (Wildman–Crippen MR) is 53.9 cm³/mol. The number of hydrogen-bond acceptors (Lipinski definition) is 5. The molecule has 1 unspecified atom stereocenters. The van der Waals surface area contributed by atoms with Crippen LogP contribution in [0.1, 0.15) is 6.42 Å². The SMILES string of the molecule is OB(O)c1cccc(OC2CCOC2)n1. The maximum atomic E-state index is 8.92. The van der Waals surface area contributed by atoms with Crippen molar-refractivity contribution in [3.8, 4) is 5.88 Å². The summed E-state index contributed by atoms with van der Waals surface area (Å²) in [7, 11) is -1.56. The van der Waals surface area contributed by atoms with E-state index in [9.17, 15) is 0 Å². The molecule has 2 rings (SSSR count). The van der Waals surface area contributed by atoms with Crippen molar-refractivity contribution in [3.05, 3.63) is 18.2 Å². The fourth-order valence-electron chi connectivity index (χ4n) is 1.42. The number of hydrogen-bond donors (Lipinski definition) is 2. The van der Waals surface area contributed by atoms with Gasteiger partial charge in [0.05, 0.1) is 18.8 Å². The zero-order chi connectivity index (χ0) is 10.7. The second-order valence-corrected chi connectivity index (χ2v) is 3.38. The lowest BCUT2D eigenvalue weighted by atomic mass is 9.86. The summed E-state index contributed by atoms with van der Waals surface area (Å²) in [4.78, 5) is 3.96. The highest BCUT2D eigenvalue weighted by Gasteiger charge is 2.19. The van der Waals surface area contributed by atoms with Crippen LogP contribution >= 0.6 is 0 Å². The van der Waals surface area contributed by atoms with Crippen molar-refractivity contribution >= 4 is 12.7 Å². The first kappa shape index (κ1) is 10.4. The molecule has 0 aliphatic carbocycles. The van der Waals surface area contributed by atoms with E-state index in [1.54, 1.807) is 12.1 Å². The van der Waals surface area contributed by atoms with E-state index in [0.717, 1.165) is 6.42 Å². The number of aromatic nitrogens is 1. The summed E-state index contributed by atoms with van der Waals surface area (Å²) >= 11 is 0. The standard InChI is InChI=1S/C9H12BNO4/c12-10(13)8-2-1-3-9(11-8)15-7-4-5-14-6-7/h1-3,7,12-13H,4-6H2. The maximum absolute atomic E-state index is 8.92. The van der Waals surface area contributed by atoms with Crippen LogP contribution in [0.4, 0.5) is 0 Å². The lowest BCUT2D eigenvalue weighted by Crippen LogP contribution is -2.33. The van der Waals surface area contributed by atoms with Gasteiger partial charge in [-0.1, -0.05) is 6.07 Å². The summed E-state index contributed by atoms with van der Waals surface area (Å²) in [6.45, 7) is 1.26. The van der Waals surface area contributed by atoms with E-state index < -0.39 is 7.12 Å². The summed E-state index contributed by atoms with van der Waals surface area (Å²) in [6.07, 6.45) is 0.858. The Labute approximate surface area is 87.8 Å². The summed E-state index contributed by atoms with van der Waals surface area (Å²) in [5, 5.41) is 17.8. The third-order valence-corrected chi connectivity index (χ3v) is 2.18. The second kappa shape index (κ2) is 4.61. The van der Waals surface area contributed by atoms with Crippen molar-refractivity contribution in [3.63, 3.8) is 0 Å². The molecule has 0 saturated carbocycles. The number of pyridine rings is 1. The van der Waals surface area contributed by atoms with Crippen LogP contribution in [0.2, 0.25) is 0 Å². The molecular weight excluding hydrogens is 197 g/mol. The van der Waals surface area contributed by atoms with Gasteiger partial charge in [-0.3, -0.25) is 0 Å². The Balaban J connectivity index is 2.04. The number of ether oxygens (including phenoxy) is 2. The van der Waals surface area contributed by atoms with Crippen molar-refractivity contribution in [2.45, 2.75) is 12.5 Å². The molecule has 1 aromatic heterocycles. The minimum absolute atomic E-state index is 0.0172. The highest BCUT2D eigenvalue weighted by Crippen LogP contribution is 2.12. The van der Waals surface area contributed by atoms with Crippen LogP contribution in [0.3, 0.4) is 0 Å². The molecule has 0 aromatic carbocycles. The van der Waals surface area contributed by atoms with Crippen molar-refractivity contribution in [2.24, 2.45) is 0 Å². The van der Waals surface area contributed by atoms with E-state index in [0.29, 0.717) is 19.1 Å². The Morgan fingerprint density at radius 3 is 3.00 bits per heavy atom. The highest BCUT2D eigenvalue weighted by atomic mass is 16.5. The predicted octanol–water partition coefficient (Wildman–Crippen LogP) is -1.07. The molecule has 1 fully saturated rings. The fraction of sp³-hybridized carbons (Fsp3) is 0.444. The molecule has 0 amide bonds. The van der Waals surface area contributed by atoms with Gasteiger partial charge in [0.15, 0.2) is 0 Å². The quantitative estimate of drug-likeness (QED) is 0.620. The van der Waals surface area contributed by atoms with E-state index in [4.69, 9.17) is 19.5 Å². The Kier molecular flexibility index (Phi) is 3.20. The zero-order valence-electron chi connectivity index (χ0n) is 8.17. The van der Waals surface area contributed by atoms with Gasteiger partial charge in [-0.05, 0) is 6.07 Å². The number of nitrogens with zero attached hydrogens (tertiary/aromatic N) is 1. The van der Waals surface area contributed by atoms with Gasteiger partial charge in [-0.25, -0.2) is 4.98 Å². The van der Waals surface area contributed by atoms with Gasteiger partial charge < -0.3 is 19.5 Å². The summed E-state index contributed by atoms with van der Waals surface area (Å²) in [5.74, 6) is 0.399. The molecule has 1 saturated heterocycles. The topological polar surface area (TPSA) is 71.8 Å². The molecule has 1 aliphatic heterocycles. The molecule has 80 valence electrons. The van der Waals surface area contributed by atoms with E-state index >= 15 is 0 Å². The maximum Gasteiger partial charge on any atom is 0.508 e. The molecule has 15 heavy (non-hydrogen) atoms. The van der Waals surface area contributed by atoms with Crippen molar-refractivity contribution in [1.82, 2.24) is 4.98 Å². The van der Waals surface area contributed by atoms with Crippen molar-refractivity contribution in [1.29, 1.82) is 0 Å². The Bertz CT molecular complexity index is 328. The largest absolute Gasteiger partial charge is 0.508 e. The van der Waals surface area contributed by atoms with Crippen LogP contribution in [-0.4, -0.2) is 41.5 Å². The first-order valence-electron chi connectivity index (χ1n) is 4.83. The van der Waals surface area contributed by atoms with Gasteiger partial charge in [0.25, 0.3) is 0 Å². The normalized spacial score (nSPS) is 20.3. The van der Waals surface area contributed by atoms with Crippen LogP contribution in [-0.2, 0) is 4.74 Å². The third kappa shape index (κ3) is 2.68. The molecule has 0 radical (unpaired) electrons. The molecule has 0 bridgehead atoms. The van der Waals surface area contributed by atoms with Gasteiger partial charge in [0.2, 0.25) is 5.88 Å². The minimum Gasteiger partial charge on any atom is -0.472 e. The molecule has 2 heterocycles. The Morgan fingerprint density at radius 1 is 1.47 bits per heavy atom. The monoisotopic (exact) mass is 209 g/mol. The number of rotatable bonds is 3. The van der Waals surface area contributed by atoms with Crippen molar-refractivity contribution < 1.29 is 19.5 Å². The lowest BCUT2D eigenvalue weighted by molar-refractivity contribution is 0.138.